The molecule has 0 bridgehead atoms. The second-order valence-corrected chi connectivity index (χ2v) is 9.75. The third-order valence-electron chi connectivity index (χ3n) is 6.72. The van der Waals surface area contributed by atoms with Crippen molar-refractivity contribution in [2.45, 2.75) is 24.4 Å². The lowest BCUT2D eigenvalue weighted by molar-refractivity contribution is -0.159. The molecule has 1 amide bonds. The molecule has 12 heteroatoms. The van der Waals surface area contributed by atoms with E-state index in [1.54, 1.807) is 30.5 Å². The average Bonchev–Trinajstić information content (AvgIpc) is 3.60. The van der Waals surface area contributed by atoms with Gasteiger partial charge in [-0.3, -0.25) is 4.79 Å². The predicted octanol–water partition coefficient (Wildman–Crippen LogP) is 5.46. The van der Waals surface area contributed by atoms with Gasteiger partial charge >= 0.3 is 12.1 Å². The first kappa shape index (κ1) is 25.9. The number of hydrogen-bond acceptors (Lipinski definition) is 7. The van der Waals surface area contributed by atoms with E-state index in [2.05, 4.69) is 24.9 Å². The molecule has 4 aromatic rings. The second kappa shape index (κ2) is 10.2. The summed E-state index contributed by atoms with van der Waals surface area (Å²) < 4.78 is 48.6. The summed E-state index contributed by atoms with van der Waals surface area (Å²) in [6, 6.07) is 13.2. The van der Waals surface area contributed by atoms with E-state index >= 15 is 0 Å². The molecule has 2 aromatic carbocycles. The number of carbonyl (C=O) groups excluding carboxylic acids is 1. The minimum atomic E-state index is -4.75. The molecule has 3 heterocycles. The Hall–Kier alpha value is -3.70. The largest absolute Gasteiger partial charge is 0.471 e. The highest BCUT2D eigenvalue weighted by atomic mass is 35.5. The Labute approximate surface area is 220 Å². The van der Waals surface area contributed by atoms with Crippen molar-refractivity contribution in [1.29, 1.82) is 0 Å². The number of halogens is 4. The molecule has 5 rings (SSSR count). The molecule has 1 fully saturated rings. The predicted molar refractivity (Wildman–Crippen MR) is 132 cm³/mol. The number of carbonyl (C=O) groups is 1. The van der Waals surface area contributed by atoms with Crippen LogP contribution in [0.5, 0.6) is 0 Å². The summed E-state index contributed by atoms with van der Waals surface area (Å²) in [6.07, 6.45) is -1.62. The van der Waals surface area contributed by atoms with E-state index in [0.29, 0.717) is 17.5 Å². The summed E-state index contributed by atoms with van der Waals surface area (Å²) in [6.45, 7) is 1.93. The first-order valence-corrected chi connectivity index (χ1v) is 12.2. The zero-order valence-electron chi connectivity index (χ0n) is 20.3. The SMILES string of the molecule is CN1CCC(CNC(=O)c2cccc(-c3noc(C(F)(F)F)n3)c2)(c2coc(-c3ccc(Cl)cc3)n2)CC1. The van der Waals surface area contributed by atoms with Crippen LogP contribution in [0.25, 0.3) is 22.8 Å². The van der Waals surface area contributed by atoms with Gasteiger partial charge in [0.15, 0.2) is 0 Å². The number of aromatic nitrogens is 3. The van der Waals surface area contributed by atoms with Crippen LogP contribution >= 0.6 is 11.6 Å². The van der Waals surface area contributed by atoms with Gasteiger partial charge in [-0.2, -0.15) is 18.2 Å². The van der Waals surface area contributed by atoms with Crippen molar-refractivity contribution in [2.75, 3.05) is 26.7 Å². The summed E-state index contributed by atoms with van der Waals surface area (Å²) in [5.74, 6) is -1.62. The lowest BCUT2D eigenvalue weighted by Gasteiger charge is -2.39. The van der Waals surface area contributed by atoms with Gasteiger partial charge in [0.25, 0.3) is 5.91 Å². The van der Waals surface area contributed by atoms with E-state index < -0.39 is 17.5 Å². The summed E-state index contributed by atoms with van der Waals surface area (Å²) in [5.41, 5.74) is 1.57. The van der Waals surface area contributed by atoms with Crippen molar-refractivity contribution in [3.63, 3.8) is 0 Å². The van der Waals surface area contributed by atoms with E-state index in [4.69, 9.17) is 21.0 Å². The maximum atomic E-state index is 13.1. The van der Waals surface area contributed by atoms with Gasteiger partial charge < -0.3 is 19.2 Å². The minimum Gasteiger partial charge on any atom is -0.444 e. The van der Waals surface area contributed by atoms with E-state index in [1.807, 2.05) is 19.2 Å². The van der Waals surface area contributed by atoms with E-state index in [9.17, 15) is 18.0 Å². The van der Waals surface area contributed by atoms with Crippen LogP contribution < -0.4 is 5.32 Å². The quantitative estimate of drug-likeness (QED) is 0.344. The molecule has 1 aliphatic heterocycles. The Morgan fingerprint density at radius 1 is 1.11 bits per heavy atom. The lowest BCUT2D eigenvalue weighted by Crippen LogP contribution is -2.48. The number of nitrogens with zero attached hydrogens (tertiary/aromatic N) is 4. The number of alkyl halides is 3. The lowest BCUT2D eigenvalue weighted by atomic mass is 9.76. The molecular formula is C26H23ClF3N5O3. The number of piperidine rings is 1. The number of amides is 1. The Kier molecular flexibility index (Phi) is 6.97. The van der Waals surface area contributed by atoms with Crippen molar-refractivity contribution in [1.82, 2.24) is 25.3 Å². The Morgan fingerprint density at radius 2 is 1.84 bits per heavy atom. The molecular weight excluding hydrogens is 523 g/mol. The molecule has 1 aliphatic rings. The van der Waals surface area contributed by atoms with Crippen LogP contribution in [-0.2, 0) is 11.6 Å². The Morgan fingerprint density at radius 3 is 2.53 bits per heavy atom. The summed E-state index contributed by atoms with van der Waals surface area (Å²) in [5, 5.41) is 6.99. The van der Waals surface area contributed by atoms with Crippen molar-refractivity contribution in [3.05, 3.63) is 77.0 Å². The Balaban J connectivity index is 1.35. The van der Waals surface area contributed by atoms with Crippen LogP contribution in [-0.4, -0.2) is 52.6 Å². The molecule has 1 saturated heterocycles. The Bertz CT molecular complexity index is 1430. The third kappa shape index (κ3) is 5.44. The van der Waals surface area contributed by atoms with Crippen molar-refractivity contribution >= 4 is 17.5 Å². The maximum absolute atomic E-state index is 13.1. The van der Waals surface area contributed by atoms with Gasteiger partial charge in [-0.1, -0.05) is 28.9 Å². The van der Waals surface area contributed by atoms with Gasteiger partial charge in [0.1, 0.15) is 6.26 Å². The topological polar surface area (TPSA) is 97.3 Å². The van der Waals surface area contributed by atoms with Gasteiger partial charge in [0.05, 0.1) is 5.69 Å². The highest BCUT2D eigenvalue weighted by Crippen LogP contribution is 2.36. The zero-order valence-corrected chi connectivity index (χ0v) is 21.0. The van der Waals surface area contributed by atoms with Gasteiger partial charge in [-0.05, 0) is 69.4 Å². The molecule has 0 unspecified atom stereocenters. The van der Waals surface area contributed by atoms with Gasteiger partial charge in [-0.25, -0.2) is 4.98 Å². The smallest absolute Gasteiger partial charge is 0.444 e. The molecule has 2 aromatic heterocycles. The minimum absolute atomic E-state index is 0.231. The highest BCUT2D eigenvalue weighted by Gasteiger charge is 2.39. The molecule has 0 radical (unpaired) electrons. The fourth-order valence-corrected chi connectivity index (χ4v) is 4.55. The molecule has 38 heavy (non-hydrogen) atoms. The van der Waals surface area contributed by atoms with Crippen LogP contribution in [0, 0.1) is 0 Å². The average molecular weight is 546 g/mol. The molecule has 0 spiro atoms. The van der Waals surface area contributed by atoms with Gasteiger partial charge in [0, 0.05) is 33.7 Å². The molecule has 0 aliphatic carbocycles. The van der Waals surface area contributed by atoms with Crippen molar-refractivity contribution < 1.29 is 26.9 Å². The first-order valence-electron chi connectivity index (χ1n) is 11.8. The standard InChI is InChI=1S/C26H23ClF3N5O3/c1-35-11-9-25(10-12-35,20-14-37-23(32-20)16-5-7-19(27)8-6-16)15-31-22(36)18-4-2-3-17(13-18)21-33-24(38-34-21)26(28,29)30/h2-8,13-14H,9-12,15H2,1H3,(H,31,36). The summed E-state index contributed by atoms with van der Waals surface area (Å²) in [4.78, 5) is 23.5. The molecule has 0 atom stereocenters. The monoisotopic (exact) mass is 545 g/mol. The maximum Gasteiger partial charge on any atom is 0.471 e. The van der Waals surface area contributed by atoms with Crippen LogP contribution in [0.4, 0.5) is 13.2 Å². The second-order valence-electron chi connectivity index (χ2n) is 9.31. The molecule has 8 nitrogen and oxygen atoms in total. The summed E-state index contributed by atoms with van der Waals surface area (Å²) in [7, 11) is 2.04. The van der Waals surface area contributed by atoms with Crippen LogP contribution in [0.2, 0.25) is 5.02 Å². The van der Waals surface area contributed by atoms with Crippen LogP contribution in [0.3, 0.4) is 0 Å². The van der Waals surface area contributed by atoms with Gasteiger partial charge in [0.2, 0.25) is 11.7 Å². The number of benzene rings is 2. The molecule has 1 N–H and O–H groups in total. The van der Waals surface area contributed by atoms with E-state index in [0.717, 1.165) is 37.2 Å². The van der Waals surface area contributed by atoms with Crippen molar-refractivity contribution in [3.8, 4) is 22.8 Å². The number of rotatable bonds is 6. The normalized spacial score (nSPS) is 15.9. The zero-order chi connectivity index (χ0) is 26.9. The van der Waals surface area contributed by atoms with Gasteiger partial charge in [-0.15, -0.1) is 0 Å². The molecule has 198 valence electrons. The third-order valence-corrected chi connectivity index (χ3v) is 6.97. The van der Waals surface area contributed by atoms with Crippen molar-refractivity contribution in [2.24, 2.45) is 0 Å². The number of nitrogens with one attached hydrogen (secondary N) is 1. The number of hydrogen-bond donors (Lipinski definition) is 1. The number of oxazole rings is 1. The van der Waals surface area contributed by atoms with E-state index in [-0.39, 0.29) is 22.9 Å². The van der Waals surface area contributed by atoms with Crippen LogP contribution in [0.1, 0.15) is 34.8 Å². The molecule has 0 saturated carbocycles. The fraction of sp³-hybridized carbons (Fsp3) is 0.308. The fourth-order valence-electron chi connectivity index (χ4n) is 4.42. The first-order chi connectivity index (χ1) is 18.1. The van der Waals surface area contributed by atoms with E-state index in [1.165, 1.54) is 12.1 Å². The highest BCUT2D eigenvalue weighted by molar-refractivity contribution is 6.30. The summed E-state index contributed by atoms with van der Waals surface area (Å²) >= 11 is 5.99. The van der Waals surface area contributed by atoms with Crippen LogP contribution in [0.15, 0.2) is 63.7 Å². The number of likely N-dealkylation sites (tertiary alicyclic amines) is 1.